The summed E-state index contributed by atoms with van der Waals surface area (Å²) in [5.74, 6) is -0.409. The third-order valence-corrected chi connectivity index (χ3v) is 4.21. The van der Waals surface area contributed by atoms with Crippen LogP contribution in [-0.4, -0.2) is 54.1 Å². The van der Waals surface area contributed by atoms with Crippen molar-refractivity contribution in [2.75, 3.05) is 26.3 Å². The Kier molecular flexibility index (Phi) is 5.68. The van der Waals surface area contributed by atoms with Gasteiger partial charge in [-0.05, 0) is 26.8 Å². The zero-order chi connectivity index (χ0) is 17.0. The van der Waals surface area contributed by atoms with Crippen molar-refractivity contribution >= 4 is 11.6 Å². The molecule has 1 saturated heterocycles. The molecule has 1 aliphatic heterocycles. The molecule has 0 unspecified atom stereocenters. The Balaban J connectivity index is 2.02. The number of rotatable bonds is 5. The number of nitrogens with zero attached hydrogens (tertiary/aromatic N) is 2. The van der Waals surface area contributed by atoms with Gasteiger partial charge in [-0.3, -0.25) is 19.8 Å². The first-order valence-electron chi connectivity index (χ1n) is 7.77. The van der Waals surface area contributed by atoms with Gasteiger partial charge in [-0.2, -0.15) is 0 Å². The second-order valence-corrected chi connectivity index (χ2v) is 5.95. The SMILES string of the molecule is Cc1cccc(C(=O)NC[C@@H](C)N2CCOC[C@@H]2C)c1[N+](=O)[O-]. The van der Waals surface area contributed by atoms with Crippen LogP contribution >= 0.6 is 0 Å². The molecule has 7 nitrogen and oxygen atoms in total. The Bertz CT molecular complexity index is 591. The van der Waals surface area contributed by atoms with Crippen molar-refractivity contribution in [3.8, 4) is 0 Å². The number of nitrogens with one attached hydrogen (secondary N) is 1. The number of nitro groups is 1. The smallest absolute Gasteiger partial charge is 0.285 e. The predicted molar refractivity (Wildman–Crippen MR) is 86.6 cm³/mol. The molecule has 23 heavy (non-hydrogen) atoms. The van der Waals surface area contributed by atoms with Gasteiger partial charge in [-0.25, -0.2) is 0 Å². The van der Waals surface area contributed by atoms with Crippen molar-refractivity contribution in [1.29, 1.82) is 0 Å². The van der Waals surface area contributed by atoms with E-state index in [1.54, 1.807) is 19.1 Å². The van der Waals surface area contributed by atoms with Crippen LogP contribution in [-0.2, 0) is 4.74 Å². The number of benzene rings is 1. The minimum atomic E-state index is -0.502. The summed E-state index contributed by atoms with van der Waals surface area (Å²) in [6, 6.07) is 5.21. The van der Waals surface area contributed by atoms with Gasteiger partial charge in [0, 0.05) is 30.7 Å². The number of amides is 1. The average Bonchev–Trinajstić information content (AvgIpc) is 2.52. The van der Waals surface area contributed by atoms with Crippen molar-refractivity contribution in [3.63, 3.8) is 0 Å². The van der Waals surface area contributed by atoms with Gasteiger partial charge in [0.15, 0.2) is 0 Å². The summed E-state index contributed by atoms with van der Waals surface area (Å²) in [5, 5.41) is 14.0. The molecule has 0 radical (unpaired) electrons. The second kappa shape index (κ2) is 7.52. The zero-order valence-electron chi connectivity index (χ0n) is 13.7. The molecule has 0 saturated carbocycles. The van der Waals surface area contributed by atoms with Crippen molar-refractivity contribution in [1.82, 2.24) is 10.2 Å². The number of nitro benzene ring substituents is 1. The fourth-order valence-corrected chi connectivity index (χ4v) is 2.93. The number of hydrogen-bond acceptors (Lipinski definition) is 5. The van der Waals surface area contributed by atoms with Crippen LogP contribution in [0.25, 0.3) is 0 Å². The predicted octanol–water partition coefficient (Wildman–Crippen LogP) is 1.74. The number of carbonyl (C=O) groups is 1. The number of para-hydroxylation sites is 1. The van der Waals surface area contributed by atoms with E-state index in [0.717, 1.165) is 6.54 Å². The van der Waals surface area contributed by atoms with Gasteiger partial charge in [-0.15, -0.1) is 0 Å². The largest absolute Gasteiger partial charge is 0.379 e. The molecule has 1 aliphatic rings. The van der Waals surface area contributed by atoms with E-state index in [1.165, 1.54) is 6.07 Å². The van der Waals surface area contributed by atoms with Crippen LogP contribution in [0.1, 0.15) is 29.8 Å². The molecule has 0 aromatic heterocycles. The lowest BCUT2D eigenvalue weighted by molar-refractivity contribution is -0.385. The standard InChI is InChI=1S/C16H23N3O4/c1-11-5-4-6-14(15(11)19(21)22)16(20)17-9-12(2)18-7-8-23-10-13(18)3/h4-6,12-13H,7-10H2,1-3H3,(H,17,20)/t12-,13+/m1/s1. The van der Waals surface area contributed by atoms with Gasteiger partial charge in [0.05, 0.1) is 18.1 Å². The van der Waals surface area contributed by atoms with Crippen molar-refractivity contribution in [2.24, 2.45) is 0 Å². The van der Waals surface area contributed by atoms with E-state index < -0.39 is 10.8 Å². The van der Waals surface area contributed by atoms with Crippen LogP contribution in [0, 0.1) is 17.0 Å². The third kappa shape index (κ3) is 4.05. The van der Waals surface area contributed by atoms with E-state index in [-0.39, 0.29) is 17.3 Å². The molecule has 0 aliphatic carbocycles. The van der Waals surface area contributed by atoms with Crippen LogP contribution < -0.4 is 5.32 Å². The summed E-state index contributed by atoms with van der Waals surface area (Å²) < 4.78 is 5.41. The molecule has 1 fully saturated rings. The summed E-state index contributed by atoms with van der Waals surface area (Å²) >= 11 is 0. The molecule has 126 valence electrons. The minimum absolute atomic E-state index is 0.109. The minimum Gasteiger partial charge on any atom is -0.379 e. The Hall–Kier alpha value is -1.99. The first-order valence-corrected chi connectivity index (χ1v) is 7.77. The number of morpholine rings is 1. The lowest BCUT2D eigenvalue weighted by atomic mass is 10.1. The van der Waals surface area contributed by atoms with Gasteiger partial charge in [0.1, 0.15) is 5.56 Å². The van der Waals surface area contributed by atoms with Crippen LogP contribution in [0.15, 0.2) is 18.2 Å². The summed E-state index contributed by atoms with van der Waals surface area (Å²) in [6.45, 7) is 8.38. The Morgan fingerprint density at radius 1 is 1.57 bits per heavy atom. The van der Waals surface area contributed by atoms with Crippen LogP contribution in [0.4, 0.5) is 5.69 Å². The highest BCUT2D eigenvalue weighted by atomic mass is 16.6. The maximum Gasteiger partial charge on any atom is 0.285 e. The summed E-state index contributed by atoms with van der Waals surface area (Å²) in [7, 11) is 0. The topological polar surface area (TPSA) is 84.7 Å². The molecule has 7 heteroatoms. The maximum atomic E-state index is 12.3. The molecule has 2 rings (SSSR count). The fourth-order valence-electron chi connectivity index (χ4n) is 2.93. The number of hydrogen-bond donors (Lipinski definition) is 1. The first kappa shape index (κ1) is 17.4. The highest BCUT2D eigenvalue weighted by Crippen LogP contribution is 2.22. The molecule has 1 heterocycles. The molecular formula is C16H23N3O4. The zero-order valence-corrected chi connectivity index (χ0v) is 13.7. The molecular weight excluding hydrogens is 298 g/mol. The summed E-state index contributed by atoms with van der Waals surface area (Å²) in [6.07, 6.45) is 0. The van der Waals surface area contributed by atoms with Crippen LogP contribution in [0.3, 0.4) is 0 Å². The highest BCUT2D eigenvalue weighted by molar-refractivity contribution is 5.98. The van der Waals surface area contributed by atoms with Gasteiger partial charge >= 0.3 is 0 Å². The van der Waals surface area contributed by atoms with E-state index in [1.807, 2.05) is 6.92 Å². The number of aryl methyl sites for hydroxylation is 1. The molecule has 1 aromatic carbocycles. The molecule has 0 bridgehead atoms. The maximum absolute atomic E-state index is 12.3. The van der Waals surface area contributed by atoms with E-state index in [0.29, 0.717) is 31.4 Å². The summed E-state index contributed by atoms with van der Waals surface area (Å²) in [5.41, 5.74) is 0.465. The van der Waals surface area contributed by atoms with E-state index in [9.17, 15) is 14.9 Å². The van der Waals surface area contributed by atoms with Crippen molar-refractivity contribution in [2.45, 2.75) is 32.9 Å². The highest BCUT2D eigenvalue weighted by Gasteiger charge is 2.26. The first-order chi connectivity index (χ1) is 10.9. The van der Waals surface area contributed by atoms with Gasteiger partial charge in [-0.1, -0.05) is 12.1 Å². The average molecular weight is 321 g/mol. The molecule has 1 aromatic rings. The van der Waals surface area contributed by atoms with Gasteiger partial charge in [0.25, 0.3) is 11.6 Å². The molecule has 1 amide bonds. The Labute approximate surface area is 135 Å². The lowest BCUT2D eigenvalue weighted by Crippen LogP contribution is -2.51. The third-order valence-electron chi connectivity index (χ3n) is 4.21. The van der Waals surface area contributed by atoms with Gasteiger partial charge < -0.3 is 10.1 Å². The monoisotopic (exact) mass is 321 g/mol. The Morgan fingerprint density at radius 3 is 2.96 bits per heavy atom. The van der Waals surface area contributed by atoms with E-state index in [2.05, 4.69) is 17.1 Å². The van der Waals surface area contributed by atoms with Gasteiger partial charge in [0.2, 0.25) is 0 Å². The molecule has 2 atom stereocenters. The van der Waals surface area contributed by atoms with E-state index in [4.69, 9.17) is 4.74 Å². The van der Waals surface area contributed by atoms with E-state index >= 15 is 0 Å². The molecule has 1 N–H and O–H groups in total. The Morgan fingerprint density at radius 2 is 2.30 bits per heavy atom. The summed E-state index contributed by atoms with van der Waals surface area (Å²) in [4.78, 5) is 25.3. The normalized spacial score (nSPS) is 20.0. The van der Waals surface area contributed by atoms with Crippen molar-refractivity contribution in [3.05, 3.63) is 39.4 Å². The number of ether oxygens (including phenoxy) is 1. The van der Waals surface area contributed by atoms with Crippen LogP contribution in [0.2, 0.25) is 0 Å². The fraction of sp³-hybridized carbons (Fsp3) is 0.562. The van der Waals surface area contributed by atoms with Crippen LogP contribution in [0.5, 0.6) is 0 Å². The quantitative estimate of drug-likeness (QED) is 0.659. The lowest BCUT2D eigenvalue weighted by Gasteiger charge is -2.37. The molecule has 0 spiro atoms. The number of carbonyl (C=O) groups excluding carboxylic acids is 1. The van der Waals surface area contributed by atoms with Crippen molar-refractivity contribution < 1.29 is 14.5 Å². The second-order valence-electron chi connectivity index (χ2n) is 5.95.